The fourth-order valence-corrected chi connectivity index (χ4v) is 2.19. The van der Waals surface area contributed by atoms with Crippen molar-refractivity contribution in [2.24, 2.45) is 0 Å². The average molecular weight is 327 g/mol. The molecule has 1 heterocycles. The highest BCUT2D eigenvalue weighted by Crippen LogP contribution is 2.18. The number of tetrazole rings is 1. The summed E-state index contributed by atoms with van der Waals surface area (Å²) >= 11 is 0. The molecule has 0 saturated heterocycles. The van der Waals surface area contributed by atoms with E-state index < -0.39 is 5.82 Å². The van der Waals surface area contributed by atoms with E-state index in [0.717, 1.165) is 5.69 Å². The molecule has 2 aromatic carbocycles. The Balaban J connectivity index is 1.63. The van der Waals surface area contributed by atoms with E-state index in [2.05, 4.69) is 20.8 Å². The van der Waals surface area contributed by atoms with Gasteiger partial charge >= 0.3 is 0 Å². The molecule has 3 aromatic rings. The predicted octanol–water partition coefficient (Wildman–Crippen LogP) is 1.99. The van der Waals surface area contributed by atoms with E-state index in [4.69, 9.17) is 4.74 Å². The first-order valence-corrected chi connectivity index (χ1v) is 7.11. The molecule has 0 bridgehead atoms. The first-order valence-electron chi connectivity index (χ1n) is 7.11. The maximum absolute atomic E-state index is 13.6. The van der Waals surface area contributed by atoms with Crippen LogP contribution in [0.5, 0.6) is 5.75 Å². The van der Waals surface area contributed by atoms with E-state index in [1.54, 1.807) is 30.3 Å². The van der Waals surface area contributed by atoms with E-state index in [1.807, 2.05) is 0 Å². The van der Waals surface area contributed by atoms with E-state index in [1.165, 1.54) is 30.3 Å². The lowest BCUT2D eigenvalue weighted by Crippen LogP contribution is -2.14. The topological polar surface area (TPSA) is 81.9 Å². The third-order valence-electron chi connectivity index (χ3n) is 3.35. The van der Waals surface area contributed by atoms with Crippen molar-refractivity contribution in [2.75, 3.05) is 12.4 Å². The van der Waals surface area contributed by atoms with Crippen LogP contribution in [0.25, 0.3) is 5.69 Å². The van der Waals surface area contributed by atoms with Crippen LogP contribution < -0.4 is 10.1 Å². The summed E-state index contributed by atoms with van der Waals surface area (Å²) in [7, 11) is 1.39. The van der Waals surface area contributed by atoms with Crippen molar-refractivity contribution in [3.8, 4) is 11.4 Å². The molecule has 0 radical (unpaired) electrons. The van der Waals surface area contributed by atoms with Gasteiger partial charge in [0.15, 0.2) is 11.6 Å². The van der Waals surface area contributed by atoms with Crippen LogP contribution in [-0.4, -0.2) is 33.2 Å². The van der Waals surface area contributed by atoms with Crippen molar-refractivity contribution < 1.29 is 13.9 Å². The van der Waals surface area contributed by atoms with Gasteiger partial charge in [-0.25, -0.2) is 9.07 Å². The van der Waals surface area contributed by atoms with Gasteiger partial charge in [0.2, 0.25) is 5.91 Å². The van der Waals surface area contributed by atoms with Crippen LogP contribution in [0, 0.1) is 5.82 Å². The first kappa shape index (κ1) is 15.6. The van der Waals surface area contributed by atoms with Crippen molar-refractivity contribution in [3.05, 3.63) is 60.2 Å². The molecule has 0 aliphatic carbocycles. The lowest BCUT2D eigenvalue weighted by atomic mass is 10.1. The minimum atomic E-state index is -0.492. The van der Waals surface area contributed by atoms with Gasteiger partial charge in [0, 0.05) is 5.69 Å². The molecule has 8 heteroatoms. The Morgan fingerprint density at radius 1 is 1.25 bits per heavy atom. The Morgan fingerprint density at radius 2 is 2.04 bits per heavy atom. The van der Waals surface area contributed by atoms with Crippen molar-refractivity contribution in [2.45, 2.75) is 6.42 Å². The molecule has 3 rings (SSSR count). The Labute approximate surface area is 137 Å². The highest BCUT2D eigenvalue weighted by molar-refractivity contribution is 5.92. The van der Waals surface area contributed by atoms with Crippen LogP contribution >= 0.6 is 0 Å². The highest BCUT2D eigenvalue weighted by atomic mass is 19.1. The van der Waals surface area contributed by atoms with Crippen LogP contribution in [0.4, 0.5) is 10.1 Å². The quantitative estimate of drug-likeness (QED) is 0.775. The summed E-state index contributed by atoms with van der Waals surface area (Å²) in [6.45, 7) is 0. The van der Waals surface area contributed by atoms with Crippen LogP contribution in [-0.2, 0) is 11.2 Å². The molecule has 7 nitrogen and oxygen atoms in total. The van der Waals surface area contributed by atoms with Crippen LogP contribution in [0.1, 0.15) is 5.56 Å². The number of anilines is 1. The molecule has 0 saturated carbocycles. The molecule has 1 aromatic heterocycles. The standard InChI is InChI=1S/C16H14FN5O2/c1-24-15-7-2-11(8-14(15)17)9-16(23)19-12-3-5-13(6-4-12)22-10-18-20-21-22/h2-8,10H,9H2,1H3,(H,19,23). The van der Waals surface area contributed by atoms with Gasteiger partial charge in [-0.3, -0.25) is 4.79 Å². The molecular formula is C16H14FN5O2. The summed E-state index contributed by atoms with van der Waals surface area (Å²) in [5, 5.41) is 13.7. The largest absolute Gasteiger partial charge is 0.494 e. The lowest BCUT2D eigenvalue weighted by Gasteiger charge is -2.08. The molecule has 0 spiro atoms. The second kappa shape index (κ2) is 6.86. The second-order valence-electron chi connectivity index (χ2n) is 5.00. The smallest absolute Gasteiger partial charge is 0.228 e. The molecule has 0 aliphatic rings. The molecule has 24 heavy (non-hydrogen) atoms. The van der Waals surface area contributed by atoms with Crippen LogP contribution in [0.3, 0.4) is 0 Å². The number of methoxy groups -OCH3 is 1. The zero-order valence-electron chi connectivity index (χ0n) is 12.8. The average Bonchev–Trinajstić information content (AvgIpc) is 3.10. The Bertz CT molecular complexity index is 834. The van der Waals surface area contributed by atoms with Crippen molar-refractivity contribution >= 4 is 11.6 Å². The maximum atomic E-state index is 13.6. The van der Waals surface area contributed by atoms with Gasteiger partial charge in [0.05, 0.1) is 19.2 Å². The molecule has 0 fully saturated rings. The van der Waals surface area contributed by atoms with Gasteiger partial charge in [0.1, 0.15) is 6.33 Å². The highest BCUT2D eigenvalue weighted by Gasteiger charge is 2.08. The number of amides is 1. The Morgan fingerprint density at radius 3 is 2.67 bits per heavy atom. The van der Waals surface area contributed by atoms with Crippen molar-refractivity contribution in [1.82, 2.24) is 20.2 Å². The summed E-state index contributed by atoms with van der Waals surface area (Å²) in [4.78, 5) is 12.1. The fourth-order valence-electron chi connectivity index (χ4n) is 2.19. The first-order chi connectivity index (χ1) is 11.7. The third kappa shape index (κ3) is 3.54. The molecule has 0 aliphatic heterocycles. The molecule has 122 valence electrons. The van der Waals surface area contributed by atoms with Gasteiger partial charge in [-0.1, -0.05) is 6.07 Å². The number of aromatic nitrogens is 4. The summed E-state index contributed by atoms with van der Waals surface area (Å²) in [5.74, 6) is -0.583. The number of rotatable bonds is 5. The van der Waals surface area contributed by atoms with Gasteiger partial charge < -0.3 is 10.1 Å². The maximum Gasteiger partial charge on any atom is 0.228 e. The fraction of sp³-hybridized carbons (Fsp3) is 0.125. The number of benzene rings is 2. The van der Waals surface area contributed by atoms with Crippen molar-refractivity contribution in [3.63, 3.8) is 0 Å². The minimum absolute atomic E-state index is 0.0651. The number of ether oxygens (including phenoxy) is 1. The lowest BCUT2D eigenvalue weighted by molar-refractivity contribution is -0.115. The number of carbonyl (C=O) groups excluding carboxylic acids is 1. The number of carbonyl (C=O) groups is 1. The second-order valence-corrected chi connectivity index (χ2v) is 5.00. The number of nitrogens with one attached hydrogen (secondary N) is 1. The molecule has 0 atom stereocenters. The Hall–Kier alpha value is -3.29. The molecular weight excluding hydrogens is 313 g/mol. The van der Waals surface area contributed by atoms with E-state index in [9.17, 15) is 9.18 Å². The number of hydrogen-bond donors (Lipinski definition) is 1. The SMILES string of the molecule is COc1ccc(CC(=O)Nc2ccc(-n3cnnn3)cc2)cc1F. The number of hydrogen-bond acceptors (Lipinski definition) is 5. The van der Waals surface area contributed by atoms with Crippen molar-refractivity contribution in [1.29, 1.82) is 0 Å². The molecule has 0 unspecified atom stereocenters. The van der Waals surface area contributed by atoms with Gasteiger partial charge in [0.25, 0.3) is 0 Å². The summed E-state index contributed by atoms with van der Waals surface area (Å²) in [6, 6.07) is 11.5. The van der Waals surface area contributed by atoms with Gasteiger partial charge in [-0.05, 0) is 52.4 Å². The van der Waals surface area contributed by atoms with Gasteiger partial charge in [-0.15, -0.1) is 5.10 Å². The zero-order chi connectivity index (χ0) is 16.9. The number of nitrogens with zero attached hydrogens (tertiary/aromatic N) is 4. The van der Waals surface area contributed by atoms with E-state index in [-0.39, 0.29) is 18.1 Å². The van der Waals surface area contributed by atoms with E-state index >= 15 is 0 Å². The zero-order valence-corrected chi connectivity index (χ0v) is 12.8. The minimum Gasteiger partial charge on any atom is -0.494 e. The number of halogens is 1. The summed E-state index contributed by atoms with van der Waals surface area (Å²) in [6.07, 6.45) is 1.54. The third-order valence-corrected chi connectivity index (χ3v) is 3.35. The van der Waals surface area contributed by atoms with Gasteiger partial charge in [-0.2, -0.15) is 0 Å². The predicted molar refractivity (Wildman–Crippen MR) is 84.4 cm³/mol. The van der Waals surface area contributed by atoms with Crippen LogP contribution in [0.15, 0.2) is 48.8 Å². The summed E-state index contributed by atoms with van der Waals surface area (Å²) in [5.41, 5.74) is 1.97. The van der Waals surface area contributed by atoms with E-state index in [0.29, 0.717) is 11.3 Å². The van der Waals surface area contributed by atoms with Crippen LogP contribution in [0.2, 0.25) is 0 Å². The Kier molecular flexibility index (Phi) is 4.46. The summed E-state index contributed by atoms with van der Waals surface area (Å²) < 4.78 is 20.0. The monoisotopic (exact) mass is 327 g/mol. The molecule has 1 amide bonds. The normalized spacial score (nSPS) is 10.4. The molecule has 1 N–H and O–H groups in total.